The van der Waals surface area contributed by atoms with Crippen LogP contribution in [0, 0.1) is 9.39 Å². The third-order valence-corrected chi connectivity index (χ3v) is 2.20. The lowest BCUT2D eigenvalue weighted by Crippen LogP contribution is -1.93. The predicted molar refractivity (Wildman–Crippen MR) is 49.1 cm³/mol. The molecule has 0 bridgehead atoms. The van der Waals surface area contributed by atoms with Crippen molar-refractivity contribution in [3.63, 3.8) is 0 Å². The van der Waals surface area contributed by atoms with Gasteiger partial charge in [0.2, 0.25) is 0 Å². The molecule has 58 valence electrons. The molecular formula is C8H6FIO. The first-order valence-electron chi connectivity index (χ1n) is 3.07. The van der Waals surface area contributed by atoms with Crippen molar-refractivity contribution >= 4 is 28.4 Å². The second-order valence-corrected chi connectivity index (χ2v) is 3.35. The van der Waals surface area contributed by atoms with Gasteiger partial charge in [0.15, 0.2) is 5.78 Å². The summed E-state index contributed by atoms with van der Waals surface area (Å²) in [6, 6.07) is 4.46. The highest BCUT2D eigenvalue weighted by Crippen LogP contribution is 2.12. The van der Waals surface area contributed by atoms with Gasteiger partial charge >= 0.3 is 0 Å². The van der Waals surface area contributed by atoms with Crippen molar-refractivity contribution in [3.05, 3.63) is 33.1 Å². The molecule has 1 aromatic rings. The van der Waals surface area contributed by atoms with Crippen LogP contribution in [-0.4, -0.2) is 5.78 Å². The molecule has 0 aromatic heterocycles. The number of carbonyl (C=O) groups excluding carboxylic acids is 1. The molecule has 0 aliphatic rings. The quantitative estimate of drug-likeness (QED) is 0.563. The van der Waals surface area contributed by atoms with Gasteiger partial charge < -0.3 is 0 Å². The fourth-order valence-corrected chi connectivity index (χ4v) is 1.05. The van der Waals surface area contributed by atoms with E-state index in [1.807, 2.05) is 22.6 Å². The first-order valence-corrected chi connectivity index (χ1v) is 4.15. The zero-order chi connectivity index (χ0) is 8.43. The molecule has 3 heteroatoms. The summed E-state index contributed by atoms with van der Waals surface area (Å²) in [7, 11) is 0. The Morgan fingerprint density at radius 3 is 2.64 bits per heavy atom. The van der Waals surface area contributed by atoms with Gasteiger partial charge in [0, 0.05) is 9.13 Å². The molecular weight excluding hydrogens is 258 g/mol. The Morgan fingerprint density at radius 1 is 1.55 bits per heavy atom. The number of carbonyl (C=O) groups is 1. The van der Waals surface area contributed by atoms with Crippen LogP contribution in [0.3, 0.4) is 0 Å². The minimum atomic E-state index is -0.335. The molecule has 0 aliphatic carbocycles. The van der Waals surface area contributed by atoms with Crippen molar-refractivity contribution in [1.82, 2.24) is 0 Å². The second kappa shape index (κ2) is 3.30. The van der Waals surface area contributed by atoms with Crippen molar-refractivity contribution in [3.8, 4) is 0 Å². The van der Waals surface area contributed by atoms with Crippen LogP contribution >= 0.6 is 22.6 Å². The van der Waals surface area contributed by atoms with E-state index in [1.54, 1.807) is 12.1 Å². The van der Waals surface area contributed by atoms with E-state index in [0.717, 1.165) is 0 Å². The smallest absolute Gasteiger partial charge is 0.159 e. The van der Waals surface area contributed by atoms with E-state index in [9.17, 15) is 9.18 Å². The summed E-state index contributed by atoms with van der Waals surface area (Å²) in [5, 5.41) is 0. The Kier molecular flexibility index (Phi) is 2.59. The summed E-state index contributed by atoms with van der Waals surface area (Å²) in [6.07, 6.45) is 0. The number of halogens is 2. The van der Waals surface area contributed by atoms with Crippen molar-refractivity contribution in [2.45, 2.75) is 6.92 Å². The minimum absolute atomic E-state index is 0.111. The molecule has 1 nitrogen and oxygen atoms in total. The van der Waals surface area contributed by atoms with Gasteiger partial charge in [-0.15, -0.1) is 0 Å². The van der Waals surface area contributed by atoms with Gasteiger partial charge in [0.25, 0.3) is 0 Å². The highest BCUT2D eigenvalue weighted by Gasteiger charge is 2.02. The lowest BCUT2D eigenvalue weighted by atomic mass is 10.1. The highest BCUT2D eigenvalue weighted by molar-refractivity contribution is 14.1. The van der Waals surface area contributed by atoms with Gasteiger partial charge in [0.1, 0.15) is 5.82 Å². The average molecular weight is 264 g/mol. The molecule has 0 atom stereocenters. The third kappa shape index (κ3) is 1.99. The van der Waals surface area contributed by atoms with E-state index in [4.69, 9.17) is 0 Å². The van der Waals surface area contributed by atoms with Crippen LogP contribution in [0.2, 0.25) is 0 Å². The molecule has 0 N–H and O–H groups in total. The first-order chi connectivity index (χ1) is 5.11. The van der Waals surface area contributed by atoms with Gasteiger partial charge in [-0.3, -0.25) is 4.79 Å². The Bertz CT molecular complexity index is 296. The second-order valence-electron chi connectivity index (χ2n) is 2.19. The number of rotatable bonds is 1. The molecule has 0 aliphatic heterocycles. The van der Waals surface area contributed by atoms with E-state index in [0.29, 0.717) is 9.13 Å². The van der Waals surface area contributed by atoms with Crippen LogP contribution in [0.1, 0.15) is 17.3 Å². The maximum absolute atomic E-state index is 12.8. The van der Waals surface area contributed by atoms with Crippen LogP contribution in [-0.2, 0) is 0 Å². The van der Waals surface area contributed by atoms with Crippen molar-refractivity contribution < 1.29 is 9.18 Å². The SMILES string of the molecule is CC(=O)c1ccc(I)c(F)c1. The molecule has 0 saturated carbocycles. The molecule has 0 amide bonds. The maximum Gasteiger partial charge on any atom is 0.159 e. The van der Waals surface area contributed by atoms with E-state index in [2.05, 4.69) is 0 Å². The average Bonchev–Trinajstić information content (AvgIpc) is 1.94. The van der Waals surface area contributed by atoms with Crippen molar-refractivity contribution in [2.24, 2.45) is 0 Å². The molecule has 0 spiro atoms. The number of hydrogen-bond donors (Lipinski definition) is 0. The summed E-state index contributed by atoms with van der Waals surface area (Å²) in [6.45, 7) is 1.42. The topological polar surface area (TPSA) is 17.1 Å². The van der Waals surface area contributed by atoms with Gasteiger partial charge in [-0.2, -0.15) is 0 Å². The van der Waals surface area contributed by atoms with Gasteiger partial charge in [-0.05, 0) is 41.6 Å². The molecule has 11 heavy (non-hydrogen) atoms. The van der Waals surface area contributed by atoms with Crippen molar-refractivity contribution in [1.29, 1.82) is 0 Å². The van der Waals surface area contributed by atoms with Gasteiger partial charge in [0.05, 0.1) is 0 Å². The molecule has 0 fully saturated rings. The number of hydrogen-bond acceptors (Lipinski definition) is 1. The van der Waals surface area contributed by atoms with Gasteiger partial charge in [-0.25, -0.2) is 4.39 Å². The zero-order valence-corrected chi connectivity index (χ0v) is 8.05. The molecule has 0 unspecified atom stereocenters. The van der Waals surface area contributed by atoms with Crippen LogP contribution in [0.5, 0.6) is 0 Å². The fraction of sp³-hybridized carbons (Fsp3) is 0.125. The molecule has 0 saturated heterocycles. The van der Waals surface area contributed by atoms with E-state index >= 15 is 0 Å². The standard InChI is InChI=1S/C8H6FIO/c1-5(11)6-2-3-8(10)7(9)4-6/h2-4H,1H3. The minimum Gasteiger partial charge on any atom is -0.295 e. The molecule has 1 aromatic carbocycles. The van der Waals surface area contributed by atoms with Crippen molar-refractivity contribution in [2.75, 3.05) is 0 Å². The fourth-order valence-electron chi connectivity index (χ4n) is 0.715. The Hall–Kier alpha value is -0.450. The van der Waals surface area contributed by atoms with Crippen LogP contribution in [0.15, 0.2) is 18.2 Å². The van der Waals surface area contributed by atoms with E-state index in [-0.39, 0.29) is 11.6 Å². The summed E-state index contributed by atoms with van der Waals surface area (Å²) >= 11 is 1.88. The number of benzene rings is 1. The van der Waals surface area contributed by atoms with Crippen LogP contribution in [0.25, 0.3) is 0 Å². The lowest BCUT2D eigenvalue weighted by Gasteiger charge is -1.96. The summed E-state index contributed by atoms with van der Waals surface area (Å²) in [5.74, 6) is -0.446. The van der Waals surface area contributed by atoms with E-state index < -0.39 is 0 Å². The lowest BCUT2D eigenvalue weighted by molar-refractivity contribution is 0.101. The predicted octanol–water partition coefficient (Wildman–Crippen LogP) is 2.63. The number of Topliss-reactive ketones (excluding diaryl/α,β-unsaturated/α-hetero) is 1. The number of ketones is 1. The Morgan fingerprint density at radius 2 is 2.18 bits per heavy atom. The Labute approximate surface area is 77.8 Å². The normalized spacial score (nSPS) is 9.73. The van der Waals surface area contributed by atoms with E-state index in [1.165, 1.54) is 13.0 Å². The van der Waals surface area contributed by atoms with Crippen LogP contribution < -0.4 is 0 Å². The third-order valence-electron chi connectivity index (χ3n) is 1.33. The molecule has 0 radical (unpaired) electrons. The summed E-state index contributed by atoms with van der Waals surface area (Å²) in [4.78, 5) is 10.7. The Balaban J connectivity index is 3.15. The maximum atomic E-state index is 12.8. The summed E-state index contributed by atoms with van der Waals surface area (Å²) in [5.41, 5.74) is 0.419. The molecule has 1 rings (SSSR count). The largest absolute Gasteiger partial charge is 0.295 e. The molecule has 0 heterocycles. The monoisotopic (exact) mass is 264 g/mol. The first kappa shape index (κ1) is 8.64. The van der Waals surface area contributed by atoms with Crippen LogP contribution in [0.4, 0.5) is 4.39 Å². The van der Waals surface area contributed by atoms with Gasteiger partial charge in [-0.1, -0.05) is 6.07 Å². The zero-order valence-electron chi connectivity index (χ0n) is 5.90. The highest BCUT2D eigenvalue weighted by atomic mass is 127. The summed E-state index contributed by atoms with van der Waals surface area (Å²) < 4.78 is 13.3.